The molecule has 0 aliphatic rings. The highest BCUT2D eigenvalue weighted by atomic mass is 32.1. The van der Waals surface area contributed by atoms with Gasteiger partial charge in [0.25, 0.3) is 0 Å². The van der Waals surface area contributed by atoms with Crippen molar-refractivity contribution in [2.24, 2.45) is 5.92 Å². The van der Waals surface area contributed by atoms with Crippen molar-refractivity contribution in [1.29, 1.82) is 0 Å². The summed E-state index contributed by atoms with van der Waals surface area (Å²) in [5.41, 5.74) is -0.690. The Labute approximate surface area is 103 Å². The minimum Gasteiger partial charge on any atom is -0.389 e. The van der Waals surface area contributed by atoms with Crippen LogP contribution in [0.3, 0.4) is 0 Å². The first-order chi connectivity index (χ1) is 7.32. The Bertz CT molecular complexity index is 300. The van der Waals surface area contributed by atoms with E-state index < -0.39 is 5.60 Å². The Hall–Kier alpha value is -0.380. The van der Waals surface area contributed by atoms with E-state index in [1.165, 1.54) is 4.88 Å². The van der Waals surface area contributed by atoms with Gasteiger partial charge in [0.1, 0.15) is 0 Å². The molecule has 16 heavy (non-hydrogen) atoms. The summed E-state index contributed by atoms with van der Waals surface area (Å²) >= 11 is 1.77. The highest BCUT2D eigenvalue weighted by Crippen LogP contribution is 2.27. The summed E-state index contributed by atoms with van der Waals surface area (Å²) in [6, 6.07) is 4.62. The zero-order valence-electron chi connectivity index (χ0n) is 10.8. The summed E-state index contributed by atoms with van der Waals surface area (Å²) in [5.74, 6) is 0.517. The molecule has 0 aromatic carbocycles. The monoisotopic (exact) mass is 241 g/mol. The van der Waals surface area contributed by atoms with Crippen LogP contribution in [-0.4, -0.2) is 16.7 Å². The zero-order chi connectivity index (χ0) is 12.3. The molecule has 2 unspecified atom stereocenters. The van der Waals surface area contributed by atoms with Crippen LogP contribution < -0.4 is 5.32 Å². The van der Waals surface area contributed by atoms with E-state index in [0.29, 0.717) is 12.0 Å². The molecule has 0 saturated carbocycles. The molecule has 0 bridgehead atoms. The molecular formula is C13H23NOS. The van der Waals surface area contributed by atoms with E-state index in [1.54, 1.807) is 11.3 Å². The summed E-state index contributed by atoms with van der Waals surface area (Å²) in [4.78, 5) is 1.34. The summed E-state index contributed by atoms with van der Waals surface area (Å²) < 4.78 is 0. The van der Waals surface area contributed by atoms with Crippen LogP contribution in [0.2, 0.25) is 0 Å². The zero-order valence-corrected chi connectivity index (χ0v) is 11.6. The van der Waals surface area contributed by atoms with Crippen molar-refractivity contribution in [1.82, 2.24) is 5.32 Å². The van der Waals surface area contributed by atoms with Gasteiger partial charge in [0.2, 0.25) is 0 Å². The average molecular weight is 241 g/mol. The predicted molar refractivity (Wildman–Crippen MR) is 70.8 cm³/mol. The Kier molecular flexibility index (Phi) is 4.53. The maximum absolute atomic E-state index is 9.96. The maximum Gasteiger partial charge on any atom is 0.0741 e. The molecule has 1 aromatic rings. The van der Waals surface area contributed by atoms with Gasteiger partial charge in [-0.1, -0.05) is 19.9 Å². The fraction of sp³-hybridized carbons (Fsp3) is 0.692. The lowest BCUT2D eigenvalue weighted by atomic mass is 9.96. The first-order valence-corrected chi connectivity index (χ1v) is 6.72. The molecule has 3 heteroatoms. The van der Waals surface area contributed by atoms with E-state index in [1.807, 2.05) is 20.8 Å². The van der Waals surface area contributed by atoms with Crippen molar-refractivity contribution in [2.75, 3.05) is 0 Å². The lowest BCUT2D eigenvalue weighted by molar-refractivity contribution is 0.0374. The summed E-state index contributed by atoms with van der Waals surface area (Å²) in [6.07, 6.45) is 0. The predicted octanol–water partition coefficient (Wildman–Crippen LogP) is 3.19. The topological polar surface area (TPSA) is 32.3 Å². The van der Waals surface area contributed by atoms with Crippen LogP contribution in [0.25, 0.3) is 0 Å². The number of hydrogen-bond donors (Lipinski definition) is 2. The van der Waals surface area contributed by atoms with Crippen molar-refractivity contribution in [3.63, 3.8) is 0 Å². The minimum absolute atomic E-state index is 0.0713. The summed E-state index contributed by atoms with van der Waals surface area (Å²) in [7, 11) is 0. The van der Waals surface area contributed by atoms with Gasteiger partial charge in [-0.2, -0.15) is 0 Å². The van der Waals surface area contributed by atoms with Crippen molar-refractivity contribution in [3.8, 4) is 0 Å². The molecule has 2 N–H and O–H groups in total. The van der Waals surface area contributed by atoms with Crippen LogP contribution in [0.5, 0.6) is 0 Å². The van der Waals surface area contributed by atoms with E-state index in [0.717, 1.165) is 0 Å². The Balaban J connectivity index is 2.74. The molecule has 0 aliphatic carbocycles. The maximum atomic E-state index is 9.96. The van der Waals surface area contributed by atoms with E-state index in [-0.39, 0.29) is 6.04 Å². The van der Waals surface area contributed by atoms with Crippen LogP contribution in [0.15, 0.2) is 17.5 Å². The Morgan fingerprint density at radius 2 is 1.94 bits per heavy atom. The quantitative estimate of drug-likeness (QED) is 0.830. The minimum atomic E-state index is -0.690. The van der Waals surface area contributed by atoms with Gasteiger partial charge in [-0.15, -0.1) is 11.3 Å². The van der Waals surface area contributed by atoms with Gasteiger partial charge in [0.05, 0.1) is 5.60 Å². The third-order valence-electron chi connectivity index (χ3n) is 3.01. The molecule has 2 nitrogen and oxygen atoms in total. The molecule has 2 atom stereocenters. The highest BCUT2D eigenvalue weighted by Gasteiger charge is 2.27. The van der Waals surface area contributed by atoms with Crippen molar-refractivity contribution in [2.45, 2.75) is 52.3 Å². The van der Waals surface area contributed by atoms with E-state index in [9.17, 15) is 5.11 Å². The molecule has 1 aromatic heterocycles. The van der Waals surface area contributed by atoms with Gasteiger partial charge in [0, 0.05) is 17.0 Å². The fourth-order valence-corrected chi connectivity index (χ4v) is 2.50. The van der Waals surface area contributed by atoms with Crippen LogP contribution in [0.4, 0.5) is 0 Å². The normalized spacial score (nSPS) is 16.4. The van der Waals surface area contributed by atoms with Crippen LogP contribution in [-0.2, 0) is 0 Å². The molecule has 0 aliphatic heterocycles. The van der Waals surface area contributed by atoms with Crippen LogP contribution in [0, 0.1) is 5.92 Å². The first-order valence-electron chi connectivity index (χ1n) is 5.84. The van der Waals surface area contributed by atoms with Gasteiger partial charge in [-0.25, -0.2) is 0 Å². The van der Waals surface area contributed by atoms with Crippen molar-refractivity contribution < 1.29 is 5.11 Å². The lowest BCUT2D eigenvalue weighted by Crippen LogP contribution is -2.46. The number of thiophene rings is 1. The lowest BCUT2D eigenvalue weighted by Gasteiger charge is -2.32. The second kappa shape index (κ2) is 5.30. The third kappa shape index (κ3) is 3.58. The van der Waals surface area contributed by atoms with Crippen molar-refractivity contribution in [3.05, 3.63) is 22.4 Å². The van der Waals surface area contributed by atoms with Crippen LogP contribution in [0.1, 0.15) is 45.5 Å². The molecule has 0 spiro atoms. The number of aliphatic hydroxyl groups is 1. The number of nitrogens with one attached hydrogen (secondary N) is 1. The molecule has 0 saturated heterocycles. The summed E-state index contributed by atoms with van der Waals surface area (Å²) in [5, 5.41) is 15.6. The molecule has 0 radical (unpaired) electrons. The van der Waals surface area contributed by atoms with E-state index in [2.05, 4.69) is 36.7 Å². The van der Waals surface area contributed by atoms with Gasteiger partial charge < -0.3 is 10.4 Å². The van der Waals surface area contributed by atoms with Crippen molar-refractivity contribution >= 4 is 11.3 Å². The summed E-state index contributed by atoms with van der Waals surface area (Å²) in [6.45, 7) is 10.1. The fourth-order valence-electron chi connectivity index (χ4n) is 1.54. The number of rotatable bonds is 5. The van der Waals surface area contributed by atoms with Gasteiger partial charge >= 0.3 is 0 Å². The molecule has 92 valence electrons. The molecule has 1 heterocycles. The molecule has 0 amide bonds. The van der Waals surface area contributed by atoms with E-state index in [4.69, 9.17) is 0 Å². The first kappa shape index (κ1) is 13.7. The molecule has 1 rings (SSSR count). The SMILES string of the molecule is CC(C)C(NC(C)C(C)(C)O)c1cccs1. The average Bonchev–Trinajstić information content (AvgIpc) is 2.63. The largest absolute Gasteiger partial charge is 0.389 e. The van der Waals surface area contributed by atoms with Crippen LogP contribution >= 0.6 is 11.3 Å². The van der Waals surface area contributed by atoms with Gasteiger partial charge in [-0.3, -0.25) is 0 Å². The molecular weight excluding hydrogens is 218 g/mol. The smallest absolute Gasteiger partial charge is 0.0741 e. The second-order valence-electron chi connectivity index (χ2n) is 5.28. The highest BCUT2D eigenvalue weighted by molar-refractivity contribution is 7.10. The standard InChI is InChI=1S/C13H23NOS/c1-9(2)12(11-7-6-8-16-11)14-10(3)13(4,5)15/h6-10,12,14-15H,1-5H3. The van der Waals surface area contributed by atoms with Gasteiger partial charge in [-0.05, 0) is 38.1 Å². The van der Waals surface area contributed by atoms with Gasteiger partial charge in [0.15, 0.2) is 0 Å². The number of hydrogen-bond acceptors (Lipinski definition) is 3. The third-order valence-corrected chi connectivity index (χ3v) is 3.96. The Morgan fingerprint density at radius 1 is 1.31 bits per heavy atom. The Morgan fingerprint density at radius 3 is 2.31 bits per heavy atom. The second-order valence-corrected chi connectivity index (χ2v) is 6.26. The van der Waals surface area contributed by atoms with E-state index >= 15 is 0 Å². The molecule has 0 fully saturated rings.